The number of allylic oxidation sites excluding steroid dienone is 6. The third-order valence-electron chi connectivity index (χ3n) is 17.7. The molecule has 520 valence electrons. The van der Waals surface area contributed by atoms with Crippen LogP contribution in [-0.2, 0) is 85.6 Å². The van der Waals surface area contributed by atoms with E-state index in [1.54, 1.807) is 48.0 Å². The van der Waals surface area contributed by atoms with E-state index in [2.05, 4.69) is 5.32 Å². The zero-order chi connectivity index (χ0) is 66.7. The predicted octanol–water partition coefficient (Wildman–Crippen LogP) is 7.05. The number of carbonyl (C=O) groups excluding carboxylic acids is 6. The molecule has 2 amide bonds. The Hall–Kier alpha value is -4.34. The Labute approximate surface area is 541 Å². The van der Waals surface area contributed by atoms with Gasteiger partial charge in [0.2, 0.25) is 5.79 Å². The number of cyclic esters (lactones) is 1. The summed E-state index contributed by atoms with van der Waals surface area (Å²) in [7, 11) is 4.50. The van der Waals surface area contributed by atoms with Crippen molar-refractivity contribution in [3.63, 3.8) is 0 Å². The first-order valence-electron chi connectivity index (χ1n) is 33.2. The lowest BCUT2D eigenvalue weighted by Crippen LogP contribution is -2.61. The molecular weight excluding hydrogens is 1180 g/mol. The van der Waals surface area contributed by atoms with Gasteiger partial charge in [-0.1, -0.05) is 71.1 Å². The van der Waals surface area contributed by atoms with Crippen molar-refractivity contribution in [1.29, 1.82) is 0 Å². The summed E-state index contributed by atoms with van der Waals surface area (Å²) >= 11 is 0. The van der Waals surface area contributed by atoms with Gasteiger partial charge in [0.25, 0.3) is 11.7 Å². The quantitative estimate of drug-likeness (QED) is 0.0293. The Morgan fingerprint density at radius 3 is 1.92 bits per heavy atom. The van der Waals surface area contributed by atoms with Gasteiger partial charge in [0.1, 0.15) is 36.2 Å². The first-order valence-corrected chi connectivity index (χ1v) is 33.2. The SMILES string of the molecule is CCOCCOCCOCCOCCOCCOCCOCCNC(=O)OC1CC[C@@H](C[C@@H](C)[C@@H]2CC(=O)[C@H](C)/C=C(\C)[C@@H](O)[C@@H](OC)C(=O)[C@H](C)C[C@H](C)/C=C/C=C/C=C(\C)[C@@H](OC)C[C@@H]3CC[C@@H](C)[C@@](O)(O3)C(=O)C(=O)N3CCCC[C@H]3C(=O)O2)C[C@H]1OC. The molecule has 0 aromatic rings. The number of nitrogens with zero attached hydrogens (tertiary/aromatic N) is 1. The second-order valence-electron chi connectivity index (χ2n) is 24.8. The van der Waals surface area contributed by atoms with Crippen molar-refractivity contribution in [1.82, 2.24) is 10.2 Å². The molecular formula is C68H112N2O21. The van der Waals surface area contributed by atoms with Crippen LogP contribution in [0.1, 0.15) is 132 Å². The number of piperidine rings is 1. The van der Waals surface area contributed by atoms with Gasteiger partial charge >= 0.3 is 12.1 Å². The van der Waals surface area contributed by atoms with E-state index in [1.165, 1.54) is 12.0 Å². The molecule has 23 heteroatoms. The number of fused-ring (bicyclic) bond motifs is 3. The molecule has 1 unspecified atom stereocenters. The fourth-order valence-electron chi connectivity index (χ4n) is 12.1. The number of ether oxygens (including phenoxy) is 13. The summed E-state index contributed by atoms with van der Waals surface area (Å²) in [5.74, 6) is -8.53. The Balaban J connectivity index is 1.38. The van der Waals surface area contributed by atoms with Crippen molar-refractivity contribution < 1.29 is 101 Å². The number of alkyl carbamates (subject to hydrolysis) is 1. The molecule has 1 saturated carbocycles. The zero-order valence-electron chi connectivity index (χ0n) is 56.4. The fourth-order valence-corrected chi connectivity index (χ4v) is 12.1. The van der Waals surface area contributed by atoms with Gasteiger partial charge in [-0.15, -0.1) is 0 Å². The lowest BCUT2D eigenvalue weighted by molar-refractivity contribution is -0.265. The van der Waals surface area contributed by atoms with Crippen molar-refractivity contribution >= 4 is 35.3 Å². The number of aliphatic hydroxyl groups excluding tert-OH is 1. The average molecular weight is 1290 g/mol. The second-order valence-corrected chi connectivity index (χ2v) is 24.8. The molecule has 3 N–H and O–H groups in total. The first kappa shape index (κ1) is 79.1. The van der Waals surface area contributed by atoms with Gasteiger partial charge in [-0.05, 0) is 114 Å². The molecule has 3 heterocycles. The summed E-state index contributed by atoms with van der Waals surface area (Å²) < 4.78 is 74.1. The van der Waals surface area contributed by atoms with Gasteiger partial charge < -0.3 is 82.0 Å². The Bertz CT molecular complexity index is 2300. The molecule has 91 heavy (non-hydrogen) atoms. The maximum Gasteiger partial charge on any atom is 0.407 e. The normalized spacial score (nSPS) is 32.2. The number of carbonyl (C=O) groups is 6. The van der Waals surface area contributed by atoms with Crippen molar-refractivity contribution in [3.8, 4) is 0 Å². The Morgan fingerprint density at radius 2 is 1.33 bits per heavy atom. The van der Waals surface area contributed by atoms with Crippen LogP contribution in [0.5, 0.6) is 0 Å². The van der Waals surface area contributed by atoms with Crippen molar-refractivity contribution in [2.24, 2.45) is 35.5 Å². The molecule has 3 aliphatic heterocycles. The Morgan fingerprint density at radius 1 is 0.714 bits per heavy atom. The maximum absolute atomic E-state index is 14.7. The highest BCUT2D eigenvalue weighted by Gasteiger charge is 2.53. The van der Waals surface area contributed by atoms with Gasteiger partial charge in [-0.3, -0.25) is 19.2 Å². The summed E-state index contributed by atoms with van der Waals surface area (Å²) in [6.07, 6.45) is 9.61. The van der Waals surface area contributed by atoms with Crippen LogP contribution in [0.3, 0.4) is 0 Å². The number of Topliss-reactive ketones (excluding diaryl/α,β-unsaturated/α-hetero) is 3. The summed E-state index contributed by atoms with van der Waals surface area (Å²) in [6, 6.07) is -1.20. The van der Waals surface area contributed by atoms with E-state index in [-0.39, 0.29) is 55.9 Å². The lowest BCUT2D eigenvalue weighted by atomic mass is 9.78. The van der Waals surface area contributed by atoms with Crippen molar-refractivity contribution in [2.75, 3.05) is 127 Å². The minimum Gasteiger partial charge on any atom is -0.460 e. The highest BCUT2D eigenvalue weighted by Crippen LogP contribution is 2.38. The van der Waals surface area contributed by atoms with E-state index in [1.807, 2.05) is 58.1 Å². The molecule has 15 atom stereocenters. The van der Waals surface area contributed by atoms with Gasteiger partial charge in [0.15, 0.2) is 5.78 Å². The number of aliphatic hydroxyl groups is 2. The fraction of sp³-hybridized carbons (Fsp3) is 0.794. The van der Waals surface area contributed by atoms with E-state index >= 15 is 0 Å². The molecule has 4 aliphatic rings. The highest BCUT2D eigenvalue weighted by molar-refractivity contribution is 6.39. The minimum atomic E-state index is -2.47. The van der Waals surface area contributed by atoms with Gasteiger partial charge in [-0.25, -0.2) is 9.59 Å². The average Bonchev–Trinajstić information content (AvgIpc) is 1.05. The summed E-state index contributed by atoms with van der Waals surface area (Å²) in [6.45, 7) is 21.1. The Kier molecular flexibility index (Phi) is 37.9. The molecule has 3 fully saturated rings. The number of amides is 2. The third kappa shape index (κ3) is 27.5. The monoisotopic (exact) mass is 1290 g/mol. The topological polar surface area (TPSA) is 278 Å². The highest BCUT2D eigenvalue weighted by atomic mass is 16.6. The molecule has 23 nitrogen and oxygen atoms in total. The van der Waals surface area contributed by atoms with Crippen LogP contribution in [0, 0.1) is 35.5 Å². The molecule has 2 saturated heterocycles. The number of hydrogen-bond donors (Lipinski definition) is 3. The largest absolute Gasteiger partial charge is 0.460 e. The smallest absolute Gasteiger partial charge is 0.407 e. The van der Waals surface area contributed by atoms with E-state index in [9.17, 15) is 39.0 Å². The number of ketones is 3. The van der Waals surface area contributed by atoms with Crippen LogP contribution < -0.4 is 5.32 Å². The second kappa shape index (κ2) is 43.6. The number of methoxy groups -OCH3 is 3. The van der Waals surface area contributed by atoms with E-state index in [0.29, 0.717) is 156 Å². The molecule has 2 bridgehead atoms. The predicted molar refractivity (Wildman–Crippen MR) is 339 cm³/mol. The summed E-state index contributed by atoms with van der Waals surface area (Å²) in [5.41, 5.74) is 1.22. The van der Waals surface area contributed by atoms with Gasteiger partial charge in [-0.2, -0.15) is 0 Å². The minimum absolute atomic E-state index is 0.00555. The first-order chi connectivity index (χ1) is 43.7. The van der Waals surface area contributed by atoms with Crippen LogP contribution in [0.2, 0.25) is 0 Å². The van der Waals surface area contributed by atoms with E-state index < -0.39 is 102 Å². The standard InChI is InChI=1S/C68H112N2O21/c1-12-82-28-29-84-32-33-86-36-37-88-39-38-87-35-34-85-31-30-83-27-25-69-67(77)90-57-24-22-53(43-60(57)80-10)42-49(5)59-45-56(71)48(4)41-51(7)62(73)63(81-11)61(72)50(6)40-46(2)18-14-13-15-19-47(3)58(79-9)44-54-23-21-52(8)68(78,91-54)64(74)65(75)70-26-17-16-20-55(70)66(76)89-59/h13-15,18-19,41,46,48-50,52-55,57-60,62-63,73,78H,12,16-17,20-40,42-45H2,1-11H3,(H,69,77)/b15-13+,18-14+,47-19+,51-41+/t46-,48-,49-,50-,52-,53+,54+,55+,57?,58+,59+,60-,62-,63+,68-/m1/s1. The lowest BCUT2D eigenvalue weighted by Gasteiger charge is -2.42. The molecule has 1 aliphatic carbocycles. The maximum atomic E-state index is 14.7. The number of rotatable bonds is 29. The van der Waals surface area contributed by atoms with Crippen LogP contribution in [0.4, 0.5) is 4.79 Å². The zero-order valence-corrected chi connectivity index (χ0v) is 56.4. The van der Waals surface area contributed by atoms with Gasteiger partial charge in [0.05, 0.1) is 104 Å². The van der Waals surface area contributed by atoms with Crippen LogP contribution in [0.15, 0.2) is 47.6 Å². The van der Waals surface area contributed by atoms with Crippen molar-refractivity contribution in [3.05, 3.63) is 47.6 Å². The van der Waals surface area contributed by atoms with Crippen LogP contribution in [-0.4, -0.2) is 232 Å². The van der Waals surface area contributed by atoms with Gasteiger partial charge in [0, 0.05) is 71.6 Å². The van der Waals surface area contributed by atoms with Crippen molar-refractivity contribution in [2.45, 2.75) is 187 Å². The molecule has 0 aromatic heterocycles. The van der Waals surface area contributed by atoms with Crippen LogP contribution >= 0.6 is 0 Å². The molecule has 0 radical (unpaired) electrons. The molecule has 0 aromatic carbocycles. The number of hydrogen-bond acceptors (Lipinski definition) is 21. The molecule has 4 rings (SSSR count). The number of esters is 1. The summed E-state index contributed by atoms with van der Waals surface area (Å²) in [4.78, 5) is 86.0. The van der Waals surface area contributed by atoms with E-state index in [0.717, 1.165) is 5.57 Å². The van der Waals surface area contributed by atoms with E-state index in [4.69, 9.17) is 61.6 Å². The van der Waals surface area contributed by atoms with Crippen LogP contribution in [0.25, 0.3) is 0 Å². The summed E-state index contributed by atoms with van der Waals surface area (Å²) in [5, 5.41) is 26.4. The molecule has 0 spiro atoms. The number of nitrogens with one attached hydrogen (secondary N) is 1. The third-order valence-corrected chi connectivity index (χ3v) is 17.7.